The maximum atomic E-state index is 12.2. The number of aromatic nitrogens is 2. The van der Waals surface area contributed by atoms with E-state index < -0.39 is 0 Å². The van der Waals surface area contributed by atoms with Gasteiger partial charge in [0.05, 0.1) is 12.4 Å². The summed E-state index contributed by atoms with van der Waals surface area (Å²) < 4.78 is 11.4. The number of nitrogens with one attached hydrogen (secondary N) is 1. The highest BCUT2D eigenvalue weighted by Crippen LogP contribution is 2.20. The van der Waals surface area contributed by atoms with Crippen LogP contribution in [0.1, 0.15) is 22.7 Å². The molecular weight excluding hydrogens is 412 g/mol. The maximum absolute atomic E-state index is 12.2. The molecule has 0 aliphatic carbocycles. The minimum absolute atomic E-state index is 0.0781. The second-order valence-corrected chi connectivity index (χ2v) is 8.31. The molecule has 8 heteroatoms. The molecule has 3 rings (SSSR count). The zero-order valence-electron chi connectivity index (χ0n) is 17.9. The molecule has 31 heavy (non-hydrogen) atoms. The molecule has 2 aromatic carbocycles. The monoisotopic (exact) mass is 440 g/mol. The fourth-order valence-corrected chi connectivity index (χ4v) is 3.42. The molecule has 0 aliphatic rings. The van der Waals surface area contributed by atoms with E-state index >= 15 is 0 Å². The minimum atomic E-state index is -0.0781. The van der Waals surface area contributed by atoms with E-state index in [-0.39, 0.29) is 5.91 Å². The molecule has 0 spiro atoms. The quantitative estimate of drug-likeness (QED) is 0.430. The van der Waals surface area contributed by atoms with Crippen molar-refractivity contribution in [2.24, 2.45) is 0 Å². The Hall–Kier alpha value is -2.84. The molecule has 1 N–H and O–H groups in total. The third kappa shape index (κ3) is 7.73. The van der Waals surface area contributed by atoms with Crippen molar-refractivity contribution in [3.05, 3.63) is 66.1 Å². The lowest BCUT2D eigenvalue weighted by atomic mass is 10.1. The van der Waals surface area contributed by atoms with Gasteiger partial charge in [0, 0.05) is 23.4 Å². The van der Waals surface area contributed by atoms with Gasteiger partial charge in [-0.3, -0.25) is 4.79 Å². The van der Waals surface area contributed by atoms with Gasteiger partial charge in [0.25, 0.3) is 5.91 Å². The number of hydrogen-bond donors (Lipinski definition) is 1. The van der Waals surface area contributed by atoms with Crippen molar-refractivity contribution in [1.29, 1.82) is 0 Å². The highest BCUT2D eigenvalue weighted by Gasteiger charge is 2.10. The van der Waals surface area contributed by atoms with Gasteiger partial charge in [0.1, 0.15) is 5.75 Å². The second-order valence-electron chi connectivity index (χ2n) is 7.21. The summed E-state index contributed by atoms with van der Waals surface area (Å²) in [5.74, 6) is 3.26. The fraction of sp³-hybridized carbons (Fsp3) is 0.348. The summed E-state index contributed by atoms with van der Waals surface area (Å²) in [6, 6.07) is 16.9. The molecule has 1 aromatic heterocycles. The zero-order chi connectivity index (χ0) is 21.9. The lowest BCUT2D eigenvalue weighted by molar-refractivity contribution is 0.0952. The first kappa shape index (κ1) is 22.8. The van der Waals surface area contributed by atoms with Gasteiger partial charge in [-0.1, -0.05) is 18.2 Å². The van der Waals surface area contributed by atoms with Crippen molar-refractivity contribution in [2.45, 2.75) is 12.2 Å². The van der Waals surface area contributed by atoms with Crippen LogP contribution in [-0.4, -0.2) is 60.5 Å². The molecule has 0 unspecified atom stereocenters. The zero-order valence-corrected chi connectivity index (χ0v) is 18.7. The van der Waals surface area contributed by atoms with Crippen LogP contribution in [0.5, 0.6) is 5.75 Å². The molecule has 1 amide bonds. The third-order valence-electron chi connectivity index (χ3n) is 4.39. The lowest BCUT2D eigenvalue weighted by Gasteiger charge is -2.10. The van der Waals surface area contributed by atoms with E-state index in [1.807, 2.05) is 56.6 Å². The lowest BCUT2D eigenvalue weighted by Crippen LogP contribution is -2.27. The van der Waals surface area contributed by atoms with Crippen LogP contribution in [0, 0.1) is 0 Å². The van der Waals surface area contributed by atoms with Crippen LogP contribution in [0.15, 0.2) is 59.0 Å². The number of carbonyl (C=O) groups excluding carboxylic acids is 1. The molecule has 0 saturated heterocycles. The number of ether oxygens (including phenoxy) is 1. The second kappa shape index (κ2) is 12.1. The summed E-state index contributed by atoms with van der Waals surface area (Å²) in [5, 5.41) is 11.2. The molecule has 0 bridgehead atoms. The Morgan fingerprint density at radius 1 is 1.10 bits per heavy atom. The van der Waals surface area contributed by atoms with Crippen LogP contribution in [0.4, 0.5) is 0 Å². The van der Waals surface area contributed by atoms with Gasteiger partial charge in [-0.25, -0.2) is 0 Å². The van der Waals surface area contributed by atoms with Crippen LogP contribution in [0.25, 0.3) is 11.5 Å². The molecule has 164 valence electrons. The fourth-order valence-electron chi connectivity index (χ4n) is 2.79. The molecular formula is C23H28N4O3S. The Balaban J connectivity index is 1.41. The Morgan fingerprint density at radius 3 is 2.61 bits per heavy atom. The van der Waals surface area contributed by atoms with Crippen LogP contribution < -0.4 is 10.1 Å². The third-order valence-corrected chi connectivity index (χ3v) is 5.30. The standard InChI is InChI=1S/C23H28N4O3S/c1-27(2)14-6-13-24-22(28)18-9-11-19(12-10-18)23-26-25-21(30-23)17-31-16-15-29-20-7-4-3-5-8-20/h3-5,7-12H,6,13-17H2,1-2H3,(H,24,28). The van der Waals surface area contributed by atoms with Crippen molar-refractivity contribution >= 4 is 17.7 Å². The molecule has 1 heterocycles. The average molecular weight is 441 g/mol. The van der Waals surface area contributed by atoms with E-state index in [1.165, 1.54) is 0 Å². The number of para-hydroxylation sites is 1. The first-order valence-corrected chi connectivity index (χ1v) is 11.4. The molecule has 3 aromatic rings. The summed E-state index contributed by atoms with van der Waals surface area (Å²) in [4.78, 5) is 14.3. The molecule has 0 saturated carbocycles. The number of nitrogens with zero attached hydrogens (tertiary/aromatic N) is 3. The molecule has 0 aliphatic heterocycles. The Kier molecular flexibility index (Phi) is 8.93. The number of benzene rings is 2. The Morgan fingerprint density at radius 2 is 1.87 bits per heavy atom. The van der Waals surface area contributed by atoms with Crippen molar-refractivity contribution < 1.29 is 13.9 Å². The summed E-state index contributed by atoms with van der Waals surface area (Å²) in [7, 11) is 4.03. The number of hydrogen-bond acceptors (Lipinski definition) is 7. The minimum Gasteiger partial charge on any atom is -0.493 e. The normalized spacial score (nSPS) is 10.9. The van der Waals surface area contributed by atoms with E-state index in [2.05, 4.69) is 20.4 Å². The van der Waals surface area contributed by atoms with E-state index in [9.17, 15) is 4.79 Å². The van der Waals surface area contributed by atoms with Gasteiger partial charge in [-0.2, -0.15) is 0 Å². The summed E-state index contributed by atoms with van der Waals surface area (Å²) in [6.45, 7) is 2.21. The SMILES string of the molecule is CN(C)CCCNC(=O)c1ccc(-c2nnc(CSCCOc3ccccc3)o2)cc1. The molecule has 0 atom stereocenters. The Bertz CT molecular complexity index is 930. The largest absolute Gasteiger partial charge is 0.493 e. The smallest absolute Gasteiger partial charge is 0.251 e. The molecule has 7 nitrogen and oxygen atoms in total. The van der Waals surface area contributed by atoms with Gasteiger partial charge >= 0.3 is 0 Å². The topological polar surface area (TPSA) is 80.5 Å². The van der Waals surface area contributed by atoms with Crippen LogP contribution in [-0.2, 0) is 5.75 Å². The summed E-state index contributed by atoms with van der Waals surface area (Å²) >= 11 is 1.67. The van der Waals surface area contributed by atoms with Crippen LogP contribution in [0.3, 0.4) is 0 Å². The van der Waals surface area contributed by atoms with E-state index in [0.717, 1.165) is 30.0 Å². The number of rotatable bonds is 12. The van der Waals surface area contributed by atoms with Crippen LogP contribution in [0.2, 0.25) is 0 Å². The van der Waals surface area contributed by atoms with Gasteiger partial charge in [0.2, 0.25) is 11.8 Å². The number of amides is 1. The van der Waals surface area contributed by atoms with Gasteiger partial charge in [0.15, 0.2) is 0 Å². The van der Waals surface area contributed by atoms with Crippen molar-refractivity contribution in [1.82, 2.24) is 20.4 Å². The predicted molar refractivity (Wildman–Crippen MR) is 123 cm³/mol. The first-order chi connectivity index (χ1) is 15.1. The predicted octanol–water partition coefficient (Wildman–Crippen LogP) is 3.73. The van der Waals surface area contributed by atoms with E-state index in [0.29, 0.717) is 36.2 Å². The van der Waals surface area contributed by atoms with E-state index in [1.54, 1.807) is 23.9 Å². The average Bonchev–Trinajstić information content (AvgIpc) is 3.26. The Labute approximate surface area is 187 Å². The van der Waals surface area contributed by atoms with Crippen LogP contribution >= 0.6 is 11.8 Å². The first-order valence-electron chi connectivity index (χ1n) is 10.2. The summed E-state index contributed by atoms with van der Waals surface area (Å²) in [5.41, 5.74) is 1.41. The number of carbonyl (C=O) groups is 1. The summed E-state index contributed by atoms with van der Waals surface area (Å²) in [6.07, 6.45) is 0.915. The maximum Gasteiger partial charge on any atom is 0.251 e. The molecule has 0 radical (unpaired) electrons. The van der Waals surface area contributed by atoms with Gasteiger partial charge in [-0.15, -0.1) is 22.0 Å². The number of thioether (sulfide) groups is 1. The highest BCUT2D eigenvalue weighted by atomic mass is 32.2. The van der Waals surface area contributed by atoms with Crippen molar-refractivity contribution in [3.63, 3.8) is 0 Å². The van der Waals surface area contributed by atoms with Crippen molar-refractivity contribution in [3.8, 4) is 17.2 Å². The van der Waals surface area contributed by atoms with Crippen molar-refractivity contribution in [2.75, 3.05) is 39.5 Å². The molecule has 0 fully saturated rings. The van der Waals surface area contributed by atoms with E-state index in [4.69, 9.17) is 9.15 Å². The van der Waals surface area contributed by atoms with Gasteiger partial charge < -0.3 is 19.4 Å². The van der Waals surface area contributed by atoms with Gasteiger partial charge in [-0.05, 0) is 63.5 Å². The highest BCUT2D eigenvalue weighted by molar-refractivity contribution is 7.98.